The molecule has 3 aromatic rings. The summed E-state index contributed by atoms with van der Waals surface area (Å²) in [5.41, 5.74) is 1.61. The van der Waals surface area contributed by atoms with Gasteiger partial charge in [-0.2, -0.15) is 0 Å². The largest absolute Gasteiger partial charge is 0.486 e. The van der Waals surface area contributed by atoms with Crippen molar-refractivity contribution in [1.29, 1.82) is 0 Å². The number of nitrogens with zero attached hydrogens (tertiary/aromatic N) is 2. The van der Waals surface area contributed by atoms with Gasteiger partial charge in [-0.3, -0.25) is 14.2 Å². The van der Waals surface area contributed by atoms with Crippen molar-refractivity contribution in [2.75, 3.05) is 18.5 Å². The molecule has 1 aliphatic heterocycles. The van der Waals surface area contributed by atoms with Crippen molar-refractivity contribution in [2.24, 2.45) is 0 Å². The van der Waals surface area contributed by atoms with Gasteiger partial charge in [0.1, 0.15) is 18.0 Å². The Labute approximate surface area is 195 Å². The molecule has 4 rings (SSSR count). The first-order valence-electron chi connectivity index (χ1n) is 10.8. The number of thiophene rings is 1. The first-order chi connectivity index (χ1) is 15.4. The van der Waals surface area contributed by atoms with Crippen molar-refractivity contribution in [3.8, 4) is 11.5 Å². The lowest BCUT2D eigenvalue weighted by molar-refractivity contribution is -0.115. The maximum absolute atomic E-state index is 13.3. The van der Waals surface area contributed by atoms with Gasteiger partial charge in [0, 0.05) is 23.2 Å². The average molecular weight is 474 g/mol. The SMILES string of the molecule is CCCCn1c(SC(C)C(=O)Nc2ccc3c(c2)OCCO3)nc2sc(C)c(C)c2c1=O. The van der Waals surface area contributed by atoms with Gasteiger partial charge in [0.15, 0.2) is 16.7 Å². The van der Waals surface area contributed by atoms with E-state index in [0.29, 0.717) is 47.5 Å². The molecule has 0 saturated heterocycles. The summed E-state index contributed by atoms with van der Waals surface area (Å²) in [6, 6.07) is 5.35. The number of amides is 1. The lowest BCUT2D eigenvalue weighted by Crippen LogP contribution is -2.27. The number of carbonyl (C=O) groups excluding carboxylic acids is 1. The van der Waals surface area contributed by atoms with Crippen LogP contribution < -0.4 is 20.3 Å². The van der Waals surface area contributed by atoms with Crippen LogP contribution in [0.3, 0.4) is 0 Å². The molecule has 0 fully saturated rings. The molecule has 0 saturated carbocycles. The number of benzene rings is 1. The third kappa shape index (κ3) is 4.49. The van der Waals surface area contributed by atoms with Crippen LogP contribution in [0.25, 0.3) is 10.2 Å². The molecule has 0 spiro atoms. The van der Waals surface area contributed by atoms with Crippen LogP contribution in [0.15, 0.2) is 28.2 Å². The number of aryl methyl sites for hydroxylation is 2. The Bertz CT molecular complexity index is 1220. The Morgan fingerprint density at radius 1 is 1.28 bits per heavy atom. The fourth-order valence-electron chi connectivity index (χ4n) is 3.49. The minimum atomic E-state index is -0.442. The normalized spacial score (nSPS) is 13.9. The highest BCUT2D eigenvalue weighted by Crippen LogP contribution is 2.33. The summed E-state index contributed by atoms with van der Waals surface area (Å²) in [5, 5.41) is 3.77. The summed E-state index contributed by atoms with van der Waals surface area (Å²) in [4.78, 5) is 32.8. The average Bonchev–Trinajstić information content (AvgIpc) is 3.06. The van der Waals surface area contributed by atoms with E-state index in [-0.39, 0.29) is 11.5 Å². The molecule has 1 aromatic carbocycles. The number of thioether (sulfide) groups is 1. The molecule has 7 nitrogen and oxygen atoms in total. The van der Waals surface area contributed by atoms with Gasteiger partial charge in [-0.1, -0.05) is 25.1 Å². The molecule has 9 heteroatoms. The summed E-state index contributed by atoms with van der Waals surface area (Å²) in [6.07, 6.45) is 1.84. The number of aromatic nitrogens is 2. The van der Waals surface area contributed by atoms with Gasteiger partial charge in [0.05, 0.1) is 10.6 Å². The summed E-state index contributed by atoms with van der Waals surface area (Å²) < 4.78 is 12.8. The molecule has 0 bridgehead atoms. The van der Waals surface area contributed by atoms with Crippen molar-refractivity contribution in [3.63, 3.8) is 0 Å². The third-order valence-corrected chi connectivity index (χ3v) is 7.64. The fourth-order valence-corrected chi connectivity index (χ4v) is 5.49. The molecule has 32 heavy (non-hydrogen) atoms. The highest BCUT2D eigenvalue weighted by atomic mass is 32.2. The molecule has 3 heterocycles. The van der Waals surface area contributed by atoms with Crippen molar-refractivity contribution in [2.45, 2.75) is 57.5 Å². The Balaban J connectivity index is 1.57. The van der Waals surface area contributed by atoms with E-state index in [1.807, 2.05) is 20.8 Å². The van der Waals surface area contributed by atoms with Gasteiger partial charge < -0.3 is 14.8 Å². The van der Waals surface area contributed by atoms with E-state index in [1.165, 1.54) is 23.1 Å². The first-order valence-corrected chi connectivity index (χ1v) is 12.5. The van der Waals surface area contributed by atoms with Crippen molar-refractivity contribution in [1.82, 2.24) is 9.55 Å². The van der Waals surface area contributed by atoms with Gasteiger partial charge in [-0.05, 0) is 44.9 Å². The van der Waals surface area contributed by atoms with Crippen molar-refractivity contribution >= 4 is 44.9 Å². The van der Waals surface area contributed by atoms with E-state index < -0.39 is 5.25 Å². The highest BCUT2D eigenvalue weighted by Gasteiger charge is 2.22. The van der Waals surface area contributed by atoms with E-state index >= 15 is 0 Å². The summed E-state index contributed by atoms with van der Waals surface area (Å²) in [7, 11) is 0. The number of ether oxygens (including phenoxy) is 2. The molecular formula is C23H27N3O4S2. The summed E-state index contributed by atoms with van der Waals surface area (Å²) >= 11 is 2.84. The van der Waals surface area contributed by atoms with Crippen LogP contribution in [-0.2, 0) is 11.3 Å². The Hall–Kier alpha value is -2.52. The summed E-state index contributed by atoms with van der Waals surface area (Å²) in [6.45, 7) is 9.49. The van der Waals surface area contributed by atoms with Crippen LogP contribution in [0.5, 0.6) is 11.5 Å². The fraction of sp³-hybridized carbons (Fsp3) is 0.435. The lowest BCUT2D eigenvalue weighted by Gasteiger charge is -2.19. The minimum Gasteiger partial charge on any atom is -0.486 e. The summed E-state index contributed by atoms with van der Waals surface area (Å²) in [5.74, 6) is 1.13. The smallest absolute Gasteiger partial charge is 0.263 e. The third-order valence-electron chi connectivity index (χ3n) is 5.45. The van der Waals surface area contributed by atoms with E-state index in [1.54, 1.807) is 22.8 Å². The number of nitrogens with one attached hydrogen (secondary N) is 1. The van der Waals surface area contributed by atoms with Gasteiger partial charge in [0.25, 0.3) is 5.56 Å². The van der Waals surface area contributed by atoms with E-state index in [0.717, 1.165) is 28.1 Å². The van der Waals surface area contributed by atoms with Crippen LogP contribution >= 0.6 is 23.1 Å². The number of hydrogen-bond donors (Lipinski definition) is 1. The number of rotatable bonds is 7. The Kier molecular flexibility index (Phi) is 6.76. The Morgan fingerprint density at radius 2 is 2.03 bits per heavy atom. The molecule has 0 radical (unpaired) electrons. The molecule has 1 atom stereocenters. The molecular weight excluding hydrogens is 446 g/mol. The van der Waals surface area contributed by atoms with Crippen LogP contribution in [0, 0.1) is 13.8 Å². The van der Waals surface area contributed by atoms with Crippen LogP contribution in [0.1, 0.15) is 37.1 Å². The minimum absolute atomic E-state index is 0.0211. The first kappa shape index (κ1) is 22.7. The number of fused-ring (bicyclic) bond motifs is 2. The van der Waals surface area contributed by atoms with Gasteiger partial charge in [-0.25, -0.2) is 4.98 Å². The predicted molar refractivity (Wildman–Crippen MR) is 130 cm³/mol. The van der Waals surface area contributed by atoms with E-state index in [4.69, 9.17) is 14.5 Å². The zero-order chi connectivity index (χ0) is 22.8. The van der Waals surface area contributed by atoms with Crippen LogP contribution in [0.4, 0.5) is 5.69 Å². The van der Waals surface area contributed by atoms with Gasteiger partial charge >= 0.3 is 0 Å². The predicted octanol–water partition coefficient (Wildman–Crippen LogP) is 4.77. The van der Waals surface area contributed by atoms with E-state index in [2.05, 4.69) is 12.2 Å². The monoisotopic (exact) mass is 473 g/mol. The molecule has 0 aliphatic carbocycles. The van der Waals surface area contributed by atoms with Gasteiger partial charge in [-0.15, -0.1) is 11.3 Å². The second kappa shape index (κ2) is 9.54. The van der Waals surface area contributed by atoms with Crippen LogP contribution in [-0.4, -0.2) is 33.9 Å². The zero-order valence-corrected chi connectivity index (χ0v) is 20.3. The van der Waals surface area contributed by atoms with Crippen LogP contribution in [0.2, 0.25) is 0 Å². The zero-order valence-electron chi connectivity index (χ0n) is 18.7. The van der Waals surface area contributed by atoms with Gasteiger partial charge in [0.2, 0.25) is 5.91 Å². The topological polar surface area (TPSA) is 82.5 Å². The molecule has 1 aliphatic rings. The number of hydrogen-bond acceptors (Lipinski definition) is 7. The molecule has 170 valence electrons. The quantitative estimate of drug-likeness (QED) is 0.393. The number of carbonyl (C=O) groups is 1. The maximum Gasteiger partial charge on any atom is 0.263 e. The molecule has 1 N–H and O–H groups in total. The maximum atomic E-state index is 13.3. The molecule has 1 unspecified atom stereocenters. The highest BCUT2D eigenvalue weighted by molar-refractivity contribution is 8.00. The standard InChI is InChI=1S/C23H27N3O4S2/c1-5-6-9-26-22(28)19-13(2)14(3)31-21(19)25-23(26)32-15(4)20(27)24-16-7-8-17-18(12-16)30-11-10-29-17/h7-8,12,15H,5-6,9-11H2,1-4H3,(H,24,27). The molecule has 2 aromatic heterocycles. The number of unbranched alkanes of at least 4 members (excludes halogenated alkanes) is 1. The molecule has 1 amide bonds. The van der Waals surface area contributed by atoms with Crippen molar-refractivity contribution < 1.29 is 14.3 Å². The number of anilines is 1. The second-order valence-electron chi connectivity index (χ2n) is 7.78. The lowest BCUT2D eigenvalue weighted by atomic mass is 10.2. The van der Waals surface area contributed by atoms with Crippen molar-refractivity contribution in [3.05, 3.63) is 39.0 Å². The van der Waals surface area contributed by atoms with E-state index in [9.17, 15) is 9.59 Å². The Morgan fingerprint density at radius 3 is 2.78 bits per heavy atom. The second-order valence-corrected chi connectivity index (χ2v) is 10.3.